The first kappa shape index (κ1) is 21.7. The van der Waals surface area contributed by atoms with Crippen molar-refractivity contribution in [2.24, 2.45) is 0 Å². The standard InChI is InChI=1S/C22H25BrN2O3/c1-5-12-24-21(27)16-8-6-7-9-18(16)25-20(26)14-28-19-11-10-15(13-17(19)23)22(2,3)4/h5-11,13H,1,12,14H2,2-4H3,(H,24,27)(H,25,26). The lowest BCUT2D eigenvalue weighted by Gasteiger charge is -2.20. The second-order valence-corrected chi connectivity index (χ2v) is 8.13. The van der Waals surface area contributed by atoms with Crippen LogP contribution in [0, 0.1) is 0 Å². The van der Waals surface area contributed by atoms with Gasteiger partial charge in [0.1, 0.15) is 5.75 Å². The van der Waals surface area contributed by atoms with Crippen molar-refractivity contribution < 1.29 is 14.3 Å². The number of benzene rings is 2. The van der Waals surface area contributed by atoms with Gasteiger partial charge in [-0.25, -0.2) is 0 Å². The second-order valence-electron chi connectivity index (χ2n) is 7.28. The molecule has 2 aromatic rings. The Morgan fingerprint density at radius 3 is 2.54 bits per heavy atom. The summed E-state index contributed by atoms with van der Waals surface area (Å²) in [6, 6.07) is 12.6. The van der Waals surface area contributed by atoms with Gasteiger partial charge in [-0.3, -0.25) is 9.59 Å². The minimum Gasteiger partial charge on any atom is -0.483 e. The van der Waals surface area contributed by atoms with E-state index in [4.69, 9.17) is 4.74 Å². The lowest BCUT2D eigenvalue weighted by atomic mass is 9.87. The molecule has 0 bridgehead atoms. The molecule has 28 heavy (non-hydrogen) atoms. The van der Waals surface area contributed by atoms with E-state index in [1.54, 1.807) is 30.3 Å². The van der Waals surface area contributed by atoms with Gasteiger partial charge in [0.05, 0.1) is 15.7 Å². The molecule has 0 atom stereocenters. The number of carbonyl (C=O) groups excluding carboxylic acids is 2. The van der Waals surface area contributed by atoms with Gasteiger partial charge in [0.15, 0.2) is 6.61 Å². The average molecular weight is 445 g/mol. The van der Waals surface area contributed by atoms with Gasteiger partial charge in [0.25, 0.3) is 11.8 Å². The third kappa shape index (κ3) is 5.96. The summed E-state index contributed by atoms with van der Waals surface area (Å²) in [6.07, 6.45) is 1.59. The Bertz CT molecular complexity index is 872. The molecule has 2 rings (SSSR count). The van der Waals surface area contributed by atoms with E-state index >= 15 is 0 Å². The van der Waals surface area contributed by atoms with Crippen LogP contribution in [0.25, 0.3) is 0 Å². The van der Waals surface area contributed by atoms with Gasteiger partial charge >= 0.3 is 0 Å². The Balaban J connectivity index is 2.02. The van der Waals surface area contributed by atoms with Crippen molar-refractivity contribution in [3.63, 3.8) is 0 Å². The number of nitrogens with one attached hydrogen (secondary N) is 2. The lowest BCUT2D eigenvalue weighted by molar-refractivity contribution is -0.118. The van der Waals surface area contributed by atoms with Crippen LogP contribution >= 0.6 is 15.9 Å². The summed E-state index contributed by atoms with van der Waals surface area (Å²) < 4.78 is 6.42. The first-order chi connectivity index (χ1) is 13.2. The maximum absolute atomic E-state index is 12.3. The van der Waals surface area contributed by atoms with Gasteiger partial charge in [-0.05, 0) is 51.2 Å². The zero-order valence-corrected chi connectivity index (χ0v) is 17.9. The summed E-state index contributed by atoms with van der Waals surface area (Å²) in [5.74, 6) is -0.0480. The number of halogens is 1. The van der Waals surface area contributed by atoms with Gasteiger partial charge in [-0.15, -0.1) is 6.58 Å². The highest BCUT2D eigenvalue weighted by atomic mass is 79.9. The van der Waals surface area contributed by atoms with Crippen molar-refractivity contribution in [3.8, 4) is 5.75 Å². The van der Waals surface area contributed by atoms with Gasteiger partial charge in [0, 0.05) is 6.54 Å². The fourth-order valence-electron chi connectivity index (χ4n) is 2.46. The predicted molar refractivity (Wildman–Crippen MR) is 116 cm³/mol. The number of anilines is 1. The van der Waals surface area contributed by atoms with Gasteiger partial charge < -0.3 is 15.4 Å². The molecule has 2 N–H and O–H groups in total. The molecule has 0 fully saturated rings. The highest BCUT2D eigenvalue weighted by Crippen LogP contribution is 2.31. The molecule has 0 aliphatic heterocycles. The third-order valence-electron chi connectivity index (χ3n) is 4.01. The highest BCUT2D eigenvalue weighted by molar-refractivity contribution is 9.10. The number of hydrogen-bond acceptors (Lipinski definition) is 3. The van der Waals surface area contributed by atoms with Crippen molar-refractivity contribution in [2.45, 2.75) is 26.2 Å². The summed E-state index contributed by atoms with van der Waals surface area (Å²) in [7, 11) is 0. The number of para-hydroxylation sites is 1. The van der Waals surface area contributed by atoms with Crippen LogP contribution in [0.3, 0.4) is 0 Å². The van der Waals surface area contributed by atoms with Crippen LogP contribution in [-0.2, 0) is 10.2 Å². The Hall–Kier alpha value is -2.60. The molecule has 0 spiro atoms. The van der Waals surface area contributed by atoms with E-state index in [1.807, 2.05) is 18.2 Å². The minimum absolute atomic E-state index is 0.0221. The van der Waals surface area contributed by atoms with Gasteiger partial charge in [0.2, 0.25) is 0 Å². The minimum atomic E-state index is -0.351. The molecule has 0 saturated heterocycles. The van der Waals surface area contributed by atoms with Crippen LogP contribution in [0.2, 0.25) is 0 Å². The quantitative estimate of drug-likeness (QED) is 0.609. The zero-order chi connectivity index (χ0) is 20.7. The van der Waals surface area contributed by atoms with Crippen molar-refractivity contribution in [1.29, 1.82) is 0 Å². The van der Waals surface area contributed by atoms with E-state index < -0.39 is 0 Å². The Labute approximate surface area is 174 Å². The van der Waals surface area contributed by atoms with E-state index in [2.05, 4.69) is 53.9 Å². The number of rotatable bonds is 7. The van der Waals surface area contributed by atoms with Crippen molar-refractivity contribution in [2.75, 3.05) is 18.5 Å². The monoisotopic (exact) mass is 444 g/mol. The largest absolute Gasteiger partial charge is 0.483 e. The molecule has 2 amide bonds. The molecule has 5 nitrogen and oxygen atoms in total. The van der Waals surface area contributed by atoms with Crippen LogP contribution in [0.4, 0.5) is 5.69 Å². The van der Waals surface area contributed by atoms with E-state index in [1.165, 1.54) is 0 Å². The van der Waals surface area contributed by atoms with Crippen molar-refractivity contribution in [3.05, 3.63) is 70.7 Å². The second kappa shape index (κ2) is 9.55. The van der Waals surface area contributed by atoms with Gasteiger partial charge in [-0.1, -0.05) is 45.0 Å². The first-order valence-electron chi connectivity index (χ1n) is 8.93. The molecule has 0 unspecified atom stereocenters. The molecule has 2 aromatic carbocycles. The highest BCUT2D eigenvalue weighted by Gasteiger charge is 2.16. The van der Waals surface area contributed by atoms with Crippen LogP contribution in [0.1, 0.15) is 36.7 Å². The van der Waals surface area contributed by atoms with Crippen LogP contribution in [0.15, 0.2) is 59.6 Å². The fraction of sp³-hybridized carbons (Fsp3) is 0.273. The number of carbonyl (C=O) groups is 2. The van der Waals surface area contributed by atoms with E-state index in [9.17, 15) is 9.59 Å². The summed E-state index contributed by atoms with van der Waals surface area (Å²) in [5.41, 5.74) is 2.00. The predicted octanol–water partition coefficient (Wildman–Crippen LogP) is 4.68. The maximum Gasteiger partial charge on any atom is 0.262 e. The van der Waals surface area contributed by atoms with Crippen LogP contribution < -0.4 is 15.4 Å². The molecule has 0 aliphatic carbocycles. The average Bonchev–Trinajstić information content (AvgIpc) is 2.64. The topological polar surface area (TPSA) is 67.4 Å². The molecule has 0 radical (unpaired) electrons. The summed E-state index contributed by atoms with van der Waals surface area (Å²) in [4.78, 5) is 24.5. The van der Waals surface area contributed by atoms with E-state index in [0.717, 1.165) is 10.0 Å². The van der Waals surface area contributed by atoms with Crippen LogP contribution in [-0.4, -0.2) is 25.0 Å². The molecule has 0 aromatic heterocycles. The number of amides is 2. The Morgan fingerprint density at radius 1 is 1.18 bits per heavy atom. The van der Waals surface area contributed by atoms with Gasteiger partial charge in [-0.2, -0.15) is 0 Å². The molecular formula is C22H25BrN2O3. The van der Waals surface area contributed by atoms with Crippen molar-refractivity contribution in [1.82, 2.24) is 5.32 Å². The summed E-state index contributed by atoms with van der Waals surface area (Å²) in [6.45, 7) is 10.1. The number of ether oxygens (including phenoxy) is 1. The zero-order valence-electron chi connectivity index (χ0n) is 16.3. The normalized spacial score (nSPS) is 10.9. The molecule has 6 heteroatoms. The molecule has 0 heterocycles. The molecule has 148 valence electrons. The SMILES string of the molecule is C=CCNC(=O)c1ccccc1NC(=O)COc1ccc(C(C)(C)C)cc1Br. The summed E-state index contributed by atoms with van der Waals surface area (Å²) in [5, 5.41) is 5.43. The van der Waals surface area contributed by atoms with Crippen molar-refractivity contribution >= 4 is 33.4 Å². The fourth-order valence-corrected chi connectivity index (χ4v) is 2.96. The summed E-state index contributed by atoms with van der Waals surface area (Å²) >= 11 is 3.49. The Morgan fingerprint density at radius 2 is 1.89 bits per heavy atom. The molecule has 0 saturated carbocycles. The molecule has 0 aliphatic rings. The van der Waals surface area contributed by atoms with E-state index in [-0.39, 0.29) is 23.8 Å². The maximum atomic E-state index is 12.3. The van der Waals surface area contributed by atoms with E-state index in [0.29, 0.717) is 23.5 Å². The third-order valence-corrected chi connectivity index (χ3v) is 4.63. The number of hydrogen-bond donors (Lipinski definition) is 2. The lowest BCUT2D eigenvalue weighted by Crippen LogP contribution is -2.26. The molecular weight excluding hydrogens is 420 g/mol. The first-order valence-corrected chi connectivity index (χ1v) is 9.72. The Kier molecular flexibility index (Phi) is 7.40. The smallest absolute Gasteiger partial charge is 0.262 e. The van der Waals surface area contributed by atoms with Crippen LogP contribution in [0.5, 0.6) is 5.75 Å².